The molecule has 3 nitrogen and oxygen atoms in total. The van der Waals surface area contributed by atoms with Crippen molar-refractivity contribution in [2.45, 2.75) is 13.3 Å². The highest BCUT2D eigenvalue weighted by Crippen LogP contribution is 2.25. The largest absolute Gasteiger partial charge is 0.331 e. The van der Waals surface area contributed by atoms with Crippen LogP contribution in [0.3, 0.4) is 0 Å². The monoisotopic (exact) mass is 352 g/mol. The Kier molecular flexibility index (Phi) is 5.77. The minimum atomic E-state index is -0.190. The molecule has 0 unspecified atom stereocenters. The average molecular weight is 353 g/mol. The van der Waals surface area contributed by atoms with Crippen LogP contribution in [-0.4, -0.2) is 11.0 Å². The van der Waals surface area contributed by atoms with Gasteiger partial charge in [0.1, 0.15) is 0 Å². The summed E-state index contributed by atoms with van der Waals surface area (Å²) in [6.45, 7) is 1.96. The van der Waals surface area contributed by atoms with E-state index in [9.17, 15) is 4.79 Å². The fourth-order valence-corrected chi connectivity index (χ4v) is 2.46. The highest BCUT2D eigenvalue weighted by molar-refractivity contribution is 7.80. The Bertz CT molecular complexity index is 719. The smallest absolute Gasteiger partial charge is 0.230 e. The van der Waals surface area contributed by atoms with Gasteiger partial charge >= 0.3 is 0 Å². The third-order valence-corrected chi connectivity index (χ3v) is 3.81. The Morgan fingerprint density at radius 1 is 1.18 bits per heavy atom. The minimum Gasteiger partial charge on any atom is -0.331 e. The van der Waals surface area contributed by atoms with Crippen LogP contribution in [0.1, 0.15) is 11.1 Å². The Labute approximate surface area is 144 Å². The Hall–Kier alpha value is -1.62. The van der Waals surface area contributed by atoms with Crippen molar-refractivity contribution in [1.82, 2.24) is 5.32 Å². The zero-order chi connectivity index (χ0) is 16.1. The molecule has 0 radical (unpaired) electrons. The average Bonchev–Trinajstić information content (AvgIpc) is 2.45. The summed E-state index contributed by atoms with van der Waals surface area (Å²) in [5.41, 5.74) is 2.58. The quantitative estimate of drug-likeness (QED) is 0.806. The Balaban J connectivity index is 1.96. The van der Waals surface area contributed by atoms with Crippen molar-refractivity contribution in [2.75, 3.05) is 5.32 Å². The molecular weight excluding hydrogens is 339 g/mol. The zero-order valence-corrected chi connectivity index (χ0v) is 14.1. The van der Waals surface area contributed by atoms with Crippen LogP contribution in [0.25, 0.3) is 0 Å². The zero-order valence-electron chi connectivity index (χ0n) is 11.8. The number of anilines is 1. The van der Waals surface area contributed by atoms with Crippen molar-refractivity contribution in [2.24, 2.45) is 0 Å². The van der Waals surface area contributed by atoms with Gasteiger partial charge in [-0.05, 0) is 48.5 Å². The number of aryl methyl sites for hydroxylation is 1. The molecule has 6 heteroatoms. The number of nitrogens with one attached hydrogen (secondary N) is 2. The SMILES string of the molecule is Cc1ccccc1CC(=O)NC(=S)Nc1cc(Cl)ccc1Cl. The van der Waals surface area contributed by atoms with Crippen LogP contribution in [0.15, 0.2) is 42.5 Å². The molecular formula is C16H14Cl2N2OS. The van der Waals surface area contributed by atoms with Crippen LogP contribution < -0.4 is 10.6 Å². The molecule has 0 spiro atoms. The summed E-state index contributed by atoms with van der Waals surface area (Å²) in [6, 6.07) is 12.7. The second-order valence-corrected chi connectivity index (χ2v) is 5.98. The number of carbonyl (C=O) groups excluding carboxylic acids is 1. The van der Waals surface area contributed by atoms with Gasteiger partial charge in [0.05, 0.1) is 17.1 Å². The molecule has 2 rings (SSSR count). The molecule has 22 heavy (non-hydrogen) atoms. The van der Waals surface area contributed by atoms with Gasteiger partial charge in [-0.25, -0.2) is 0 Å². The van der Waals surface area contributed by atoms with E-state index in [2.05, 4.69) is 10.6 Å². The maximum atomic E-state index is 12.0. The number of halogens is 2. The van der Waals surface area contributed by atoms with Crippen LogP contribution in [0.5, 0.6) is 0 Å². The van der Waals surface area contributed by atoms with Crippen molar-refractivity contribution in [3.63, 3.8) is 0 Å². The van der Waals surface area contributed by atoms with Crippen molar-refractivity contribution >= 4 is 52.1 Å². The Morgan fingerprint density at radius 3 is 2.64 bits per heavy atom. The van der Waals surface area contributed by atoms with Crippen LogP contribution >= 0.6 is 35.4 Å². The van der Waals surface area contributed by atoms with Gasteiger partial charge in [0.15, 0.2) is 5.11 Å². The van der Waals surface area contributed by atoms with Crippen LogP contribution in [0, 0.1) is 6.92 Å². The van der Waals surface area contributed by atoms with Gasteiger partial charge in [-0.1, -0.05) is 47.5 Å². The molecule has 1 amide bonds. The number of amides is 1. The van der Waals surface area contributed by atoms with Gasteiger partial charge in [-0.3, -0.25) is 4.79 Å². The first-order valence-corrected chi connectivity index (χ1v) is 7.72. The number of thiocarbonyl (C=S) groups is 1. The molecule has 0 saturated heterocycles. The van der Waals surface area contributed by atoms with Gasteiger partial charge in [0, 0.05) is 5.02 Å². The van der Waals surface area contributed by atoms with E-state index in [0.717, 1.165) is 11.1 Å². The topological polar surface area (TPSA) is 41.1 Å². The lowest BCUT2D eigenvalue weighted by Crippen LogP contribution is -2.35. The fraction of sp³-hybridized carbons (Fsp3) is 0.125. The van der Waals surface area contributed by atoms with E-state index in [-0.39, 0.29) is 17.4 Å². The summed E-state index contributed by atoms with van der Waals surface area (Å²) >= 11 is 17.1. The number of rotatable bonds is 3. The van der Waals surface area contributed by atoms with Gasteiger partial charge in [0.25, 0.3) is 0 Å². The van der Waals surface area contributed by atoms with E-state index < -0.39 is 0 Å². The molecule has 0 heterocycles. The lowest BCUT2D eigenvalue weighted by Gasteiger charge is -2.11. The summed E-state index contributed by atoms with van der Waals surface area (Å²) in [4.78, 5) is 12.0. The van der Waals surface area contributed by atoms with Crippen LogP contribution in [-0.2, 0) is 11.2 Å². The summed E-state index contributed by atoms with van der Waals surface area (Å²) in [5, 5.41) is 6.68. The van der Waals surface area contributed by atoms with Crippen molar-refractivity contribution in [1.29, 1.82) is 0 Å². The van der Waals surface area contributed by atoms with Crippen LogP contribution in [0.4, 0.5) is 5.69 Å². The van der Waals surface area contributed by atoms with Gasteiger partial charge in [-0.15, -0.1) is 0 Å². The number of carbonyl (C=O) groups is 1. The van der Waals surface area contributed by atoms with E-state index in [1.807, 2.05) is 31.2 Å². The molecule has 0 aliphatic heterocycles. The summed E-state index contributed by atoms with van der Waals surface area (Å²) in [7, 11) is 0. The summed E-state index contributed by atoms with van der Waals surface area (Å²) in [6.07, 6.45) is 0.262. The van der Waals surface area contributed by atoms with E-state index in [1.54, 1.807) is 18.2 Å². The molecule has 0 saturated carbocycles. The molecule has 0 atom stereocenters. The first kappa shape index (κ1) is 16.7. The van der Waals surface area contributed by atoms with Crippen LogP contribution in [0.2, 0.25) is 10.0 Å². The number of hydrogen-bond acceptors (Lipinski definition) is 2. The molecule has 114 valence electrons. The Morgan fingerprint density at radius 2 is 1.91 bits per heavy atom. The van der Waals surface area contributed by atoms with Gasteiger partial charge in [-0.2, -0.15) is 0 Å². The summed E-state index contributed by atoms with van der Waals surface area (Å²) in [5.74, 6) is -0.190. The van der Waals surface area contributed by atoms with E-state index >= 15 is 0 Å². The molecule has 2 N–H and O–H groups in total. The highest BCUT2D eigenvalue weighted by Gasteiger charge is 2.09. The van der Waals surface area contributed by atoms with Gasteiger partial charge < -0.3 is 10.6 Å². The molecule has 2 aromatic rings. The lowest BCUT2D eigenvalue weighted by molar-refractivity contribution is -0.119. The third-order valence-electron chi connectivity index (χ3n) is 3.04. The lowest BCUT2D eigenvalue weighted by atomic mass is 10.1. The fourth-order valence-electron chi connectivity index (χ4n) is 1.90. The second kappa shape index (κ2) is 7.58. The van der Waals surface area contributed by atoms with E-state index in [4.69, 9.17) is 35.4 Å². The minimum absolute atomic E-state index is 0.183. The standard InChI is InChI=1S/C16H14Cl2N2OS/c1-10-4-2-3-5-11(10)8-15(21)20-16(22)19-14-9-12(17)6-7-13(14)18/h2-7,9H,8H2,1H3,(H2,19,20,21,22). The maximum absolute atomic E-state index is 12.0. The third kappa shape index (κ3) is 4.70. The normalized spacial score (nSPS) is 10.1. The highest BCUT2D eigenvalue weighted by atomic mass is 35.5. The number of benzene rings is 2. The molecule has 0 bridgehead atoms. The van der Waals surface area contributed by atoms with E-state index in [0.29, 0.717) is 15.7 Å². The number of hydrogen-bond donors (Lipinski definition) is 2. The van der Waals surface area contributed by atoms with Crippen molar-refractivity contribution in [3.8, 4) is 0 Å². The first-order chi connectivity index (χ1) is 10.5. The molecule has 0 aliphatic carbocycles. The van der Waals surface area contributed by atoms with E-state index in [1.165, 1.54) is 0 Å². The first-order valence-electron chi connectivity index (χ1n) is 6.56. The van der Waals surface area contributed by atoms with Gasteiger partial charge in [0.2, 0.25) is 5.91 Å². The van der Waals surface area contributed by atoms with Crippen molar-refractivity contribution < 1.29 is 4.79 Å². The molecule has 0 fully saturated rings. The predicted octanol–water partition coefficient (Wildman–Crippen LogP) is 4.36. The predicted molar refractivity (Wildman–Crippen MR) is 95.7 cm³/mol. The summed E-state index contributed by atoms with van der Waals surface area (Å²) < 4.78 is 0. The molecule has 2 aromatic carbocycles. The second-order valence-electron chi connectivity index (χ2n) is 4.73. The van der Waals surface area contributed by atoms with Crippen molar-refractivity contribution in [3.05, 3.63) is 63.6 Å². The maximum Gasteiger partial charge on any atom is 0.230 e. The molecule has 0 aliphatic rings. The molecule has 0 aromatic heterocycles.